The maximum absolute atomic E-state index is 12.7. The molecule has 0 radical (unpaired) electrons. The van der Waals surface area contributed by atoms with Crippen molar-refractivity contribution in [1.82, 2.24) is 9.97 Å². The van der Waals surface area contributed by atoms with Crippen LogP contribution in [-0.2, 0) is 6.18 Å². The van der Waals surface area contributed by atoms with Crippen molar-refractivity contribution in [3.63, 3.8) is 0 Å². The van der Waals surface area contributed by atoms with Gasteiger partial charge in [0.2, 0.25) is 5.95 Å². The van der Waals surface area contributed by atoms with Crippen LogP contribution in [-0.4, -0.2) is 15.9 Å². The van der Waals surface area contributed by atoms with Gasteiger partial charge in [-0.25, -0.2) is 9.97 Å². The lowest BCUT2D eigenvalue weighted by molar-refractivity contribution is -0.137. The second kappa shape index (κ2) is 7.45. The van der Waals surface area contributed by atoms with Crippen molar-refractivity contribution in [3.05, 3.63) is 77.6 Å². The number of benzene rings is 2. The van der Waals surface area contributed by atoms with Gasteiger partial charge in [0, 0.05) is 23.8 Å². The number of nitrogens with zero attached hydrogens (tertiary/aromatic N) is 2. The van der Waals surface area contributed by atoms with Gasteiger partial charge in [0.25, 0.3) is 5.91 Å². The molecule has 0 aliphatic rings. The number of halogens is 3. The third-order valence-electron chi connectivity index (χ3n) is 3.64. The second-order valence-corrected chi connectivity index (χ2v) is 5.82. The molecule has 5 nitrogen and oxygen atoms in total. The molecule has 0 unspecified atom stereocenters. The molecule has 27 heavy (non-hydrogen) atoms. The van der Waals surface area contributed by atoms with Gasteiger partial charge in [0.15, 0.2) is 0 Å². The summed E-state index contributed by atoms with van der Waals surface area (Å²) in [5, 5.41) is 5.41. The standard InChI is InChI=1S/C19H15F3N4O/c1-12-4-2-6-15(8-12)26-18-23-10-13(11-24-18)17(27)25-16-7-3-5-14(9-16)19(20,21)22/h2-11H,1H3,(H,25,27)(H,23,24,26). The molecule has 138 valence electrons. The monoisotopic (exact) mass is 372 g/mol. The van der Waals surface area contributed by atoms with E-state index in [0.29, 0.717) is 5.95 Å². The van der Waals surface area contributed by atoms with E-state index in [9.17, 15) is 18.0 Å². The SMILES string of the molecule is Cc1cccc(Nc2ncc(C(=O)Nc3cccc(C(F)(F)F)c3)cn2)c1. The number of hydrogen-bond donors (Lipinski definition) is 2. The highest BCUT2D eigenvalue weighted by atomic mass is 19.4. The summed E-state index contributed by atoms with van der Waals surface area (Å²) in [5.41, 5.74) is 1.20. The second-order valence-electron chi connectivity index (χ2n) is 5.82. The number of rotatable bonds is 4. The molecule has 8 heteroatoms. The Balaban J connectivity index is 1.69. The molecular formula is C19H15F3N4O. The van der Waals surface area contributed by atoms with E-state index in [0.717, 1.165) is 23.4 Å². The van der Waals surface area contributed by atoms with E-state index in [-0.39, 0.29) is 11.3 Å². The molecule has 2 aromatic carbocycles. The van der Waals surface area contributed by atoms with Gasteiger partial charge in [-0.05, 0) is 42.8 Å². The highest BCUT2D eigenvalue weighted by Gasteiger charge is 2.30. The molecule has 0 bridgehead atoms. The molecule has 0 fully saturated rings. The van der Waals surface area contributed by atoms with Crippen LogP contribution in [0, 0.1) is 6.92 Å². The van der Waals surface area contributed by atoms with Crippen molar-refractivity contribution < 1.29 is 18.0 Å². The molecule has 1 heterocycles. The van der Waals surface area contributed by atoms with Crippen molar-refractivity contribution in [2.75, 3.05) is 10.6 Å². The number of anilines is 3. The average Bonchev–Trinajstić information content (AvgIpc) is 2.62. The number of nitrogens with one attached hydrogen (secondary N) is 2. The molecular weight excluding hydrogens is 357 g/mol. The van der Waals surface area contributed by atoms with Crippen LogP contribution < -0.4 is 10.6 Å². The molecule has 0 aliphatic heterocycles. The lowest BCUT2D eigenvalue weighted by atomic mass is 10.2. The molecule has 3 rings (SSSR count). The van der Waals surface area contributed by atoms with Crippen LogP contribution in [0.5, 0.6) is 0 Å². The fourth-order valence-electron chi connectivity index (χ4n) is 2.34. The molecule has 1 amide bonds. The zero-order valence-electron chi connectivity index (χ0n) is 14.2. The van der Waals surface area contributed by atoms with E-state index in [2.05, 4.69) is 20.6 Å². The van der Waals surface area contributed by atoms with Crippen molar-refractivity contribution in [2.24, 2.45) is 0 Å². The molecule has 1 aromatic heterocycles. The predicted molar refractivity (Wildman–Crippen MR) is 95.9 cm³/mol. The Morgan fingerprint density at radius 3 is 2.30 bits per heavy atom. The number of carbonyl (C=O) groups is 1. The van der Waals surface area contributed by atoms with Crippen LogP contribution in [0.15, 0.2) is 60.9 Å². The quantitative estimate of drug-likeness (QED) is 0.690. The van der Waals surface area contributed by atoms with Gasteiger partial charge in [-0.2, -0.15) is 13.2 Å². The highest BCUT2D eigenvalue weighted by molar-refractivity contribution is 6.03. The van der Waals surface area contributed by atoms with Crippen molar-refractivity contribution in [3.8, 4) is 0 Å². The molecule has 0 aliphatic carbocycles. The lowest BCUT2D eigenvalue weighted by Crippen LogP contribution is -2.14. The molecule has 0 saturated heterocycles. The van der Waals surface area contributed by atoms with Crippen LogP contribution >= 0.6 is 0 Å². The van der Waals surface area contributed by atoms with Crippen LogP contribution in [0.1, 0.15) is 21.5 Å². The van der Waals surface area contributed by atoms with E-state index in [1.165, 1.54) is 24.5 Å². The lowest BCUT2D eigenvalue weighted by Gasteiger charge is -2.10. The smallest absolute Gasteiger partial charge is 0.324 e. The summed E-state index contributed by atoms with van der Waals surface area (Å²) in [4.78, 5) is 20.3. The summed E-state index contributed by atoms with van der Waals surface area (Å²) in [5.74, 6) is -0.298. The van der Waals surface area contributed by atoms with Crippen molar-refractivity contribution >= 4 is 23.2 Å². The Kier molecular flexibility index (Phi) is 5.07. The van der Waals surface area contributed by atoms with E-state index in [1.807, 2.05) is 31.2 Å². The number of alkyl halides is 3. The minimum Gasteiger partial charge on any atom is -0.324 e. The molecule has 0 saturated carbocycles. The number of aromatic nitrogens is 2. The summed E-state index contributed by atoms with van der Waals surface area (Å²) in [7, 11) is 0. The summed E-state index contributed by atoms with van der Waals surface area (Å²) in [6.07, 6.45) is -1.88. The summed E-state index contributed by atoms with van der Waals surface area (Å²) in [6, 6.07) is 12.0. The van der Waals surface area contributed by atoms with Gasteiger partial charge in [-0.3, -0.25) is 4.79 Å². The topological polar surface area (TPSA) is 66.9 Å². The van der Waals surface area contributed by atoms with Gasteiger partial charge in [0.1, 0.15) is 0 Å². The maximum atomic E-state index is 12.7. The van der Waals surface area contributed by atoms with Gasteiger partial charge in [-0.1, -0.05) is 18.2 Å². The number of hydrogen-bond acceptors (Lipinski definition) is 4. The van der Waals surface area contributed by atoms with Gasteiger partial charge < -0.3 is 10.6 Å². The predicted octanol–water partition coefficient (Wildman–Crippen LogP) is 4.80. The number of amides is 1. The van der Waals surface area contributed by atoms with Gasteiger partial charge in [0.05, 0.1) is 11.1 Å². The zero-order valence-corrected chi connectivity index (χ0v) is 14.2. The van der Waals surface area contributed by atoms with Crippen LogP contribution in [0.3, 0.4) is 0 Å². The van der Waals surface area contributed by atoms with Crippen LogP contribution in [0.4, 0.5) is 30.5 Å². The van der Waals surface area contributed by atoms with Crippen LogP contribution in [0.25, 0.3) is 0 Å². The van der Waals surface area contributed by atoms with Gasteiger partial charge in [-0.15, -0.1) is 0 Å². The third-order valence-corrected chi connectivity index (χ3v) is 3.64. The van der Waals surface area contributed by atoms with E-state index < -0.39 is 17.6 Å². The molecule has 2 N–H and O–H groups in total. The first-order valence-electron chi connectivity index (χ1n) is 7.95. The Labute approximate surface area is 153 Å². The fraction of sp³-hybridized carbons (Fsp3) is 0.105. The first-order chi connectivity index (χ1) is 12.8. The Hall–Kier alpha value is -3.42. The van der Waals surface area contributed by atoms with E-state index >= 15 is 0 Å². The fourth-order valence-corrected chi connectivity index (χ4v) is 2.34. The summed E-state index contributed by atoms with van der Waals surface area (Å²) >= 11 is 0. The summed E-state index contributed by atoms with van der Waals surface area (Å²) in [6.45, 7) is 1.95. The third kappa shape index (κ3) is 4.81. The average molecular weight is 372 g/mol. The van der Waals surface area contributed by atoms with Gasteiger partial charge >= 0.3 is 6.18 Å². The summed E-state index contributed by atoms with van der Waals surface area (Å²) < 4.78 is 38.2. The van der Waals surface area contributed by atoms with E-state index in [4.69, 9.17) is 0 Å². The minimum absolute atomic E-state index is 0.0387. The number of aryl methyl sites for hydroxylation is 1. The van der Waals surface area contributed by atoms with Crippen molar-refractivity contribution in [2.45, 2.75) is 13.1 Å². The maximum Gasteiger partial charge on any atom is 0.416 e. The molecule has 0 spiro atoms. The van der Waals surface area contributed by atoms with Crippen molar-refractivity contribution in [1.29, 1.82) is 0 Å². The minimum atomic E-state index is -4.48. The molecule has 3 aromatic rings. The molecule has 0 atom stereocenters. The number of carbonyl (C=O) groups excluding carboxylic acids is 1. The van der Waals surface area contributed by atoms with E-state index in [1.54, 1.807) is 0 Å². The first kappa shape index (κ1) is 18.4. The first-order valence-corrected chi connectivity index (χ1v) is 7.95. The largest absolute Gasteiger partial charge is 0.416 e. The Morgan fingerprint density at radius 1 is 0.963 bits per heavy atom. The van der Waals surface area contributed by atoms with Crippen LogP contribution in [0.2, 0.25) is 0 Å². The Bertz CT molecular complexity index is 956. The zero-order chi connectivity index (χ0) is 19.4. The Morgan fingerprint density at radius 2 is 1.63 bits per heavy atom. The normalized spacial score (nSPS) is 11.1. The highest BCUT2D eigenvalue weighted by Crippen LogP contribution is 2.30.